The molecule has 3 heterocycles. The van der Waals surface area contributed by atoms with Crippen LogP contribution in [0.3, 0.4) is 0 Å². The smallest absolute Gasteiger partial charge is 0.253 e. The number of carbonyl (C=O) groups excluding carboxylic acids is 1. The molecule has 1 amide bonds. The van der Waals surface area contributed by atoms with Crippen LogP contribution in [0.25, 0.3) is 0 Å². The highest BCUT2D eigenvalue weighted by atomic mass is 32.2. The van der Waals surface area contributed by atoms with Crippen LogP contribution in [0.2, 0.25) is 0 Å². The Kier molecular flexibility index (Phi) is 5.07. The van der Waals surface area contributed by atoms with Crippen LogP contribution in [-0.4, -0.2) is 44.4 Å². The first-order valence-corrected chi connectivity index (χ1v) is 11.1. The number of hydrogen-bond acceptors (Lipinski definition) is 6. The maximum absolute atomic E-state index is 12.9. The molecule has 144 valence electrons. The monoisotopic (exact) mass is 408 g/mol. The van der Waals surface area contributed by atoms with E-state index in [1.807, 2.05) is 0 Å². The fourth-order valence-corrected chi connectivity index (χ4v) is 6.10. The van der Waals surface area contributed by atoms with Crippen molar-refractivity contribution in [1.82, 2.24) is 4.31 Å². The van der Waals surface area contributed by atoms with Crippen LogP contribution in [0, 0.1) is 0 Å². The first kappa shape index (κ1) is 18.3. The molecular weight excluding hydrogens is 388 g/mol. The predicted molar refractivity (Wildman–Crippen MR) is 102 cm³/mol. The summed E-state index contributed by atoms with van der Waals surface area (Å²) in [5, 5.41) is 4.56. The maximum atomic E-state index is 12.9. The molecule has 1 aromatic heterocycles. The van der Waals surface area contributed by atoms with Crippen LogP contribution < -0.4 is 14.8 Å². The fraction of sp³-hybridized carbons (Fsp3) is 0.389. The van der Waals surface area contributed by atoms with Crippen LogP contribution in [0.1, 0.15) is 19.3 Å². The Morgan fingerprint density at radius 1 is 1.15 bits per heavy atom. The molecule has 4 rings (SSSR count). The lowest BCUT2D eigenvalue weighted by molar-refractivity contribution is -0.120. The first-order valence-electron chi connectivity index (χ1n) is 8.81. The summed E-state index contributed by atoms with van der Waals surface area (Å²) < 4.78 is 38.5. The summed E-state index contributed by atoms with van der Waals surface area (Å²) in [5.41, 5.74) is 0.559. The predicted octanol–water partition coefficient (Wildman–Crippen LogP) is 2.70. The van der Waals surface area contributed by atoms with Crippen molar-refractivity contribution >= 4 is 33.0 Å². The molecule has 0 spiro atoms. The molecule has 0 saturated carbocycles. The molecule has 1 fully saturated rings. The van der Waals surface area contributed by atoms with Crippen molar-refractivity contribution in [2.45, 2.75) is 29.5 Å². The Hall–Kier alpha value is -2.10. The van der Waals surface area contributed by atoms with E-state index in [2.05, 4.69) is 5.32 Å². The molecule has 0 aliphatic carbocycles. The third-order valence-electron chi connectivity index (χ3n) is 4.62. The molecule has 1 N–H and O–H groups in total. The lowest BCUT2D eigenvalue weighted by atomic mass is 10.0. The molecule has 0 bridgehead atoms. The van der Waals surface area contributed by atoms with Gasteiger partial charge in [0, 0.05) is 18.3 Å². The number of ether oxygens (including phenoxy) is 2. The van der Waals surface area contributed by atoms with E-state index in [4.69, 9.17) is 9.47 Å². The maximum Gasteiger partial charge on any atom is 0.253 e. The Morgan fingerprint density at radius 2 is 1.96 bits per heavy atom. The third kappa shape index (κ3) is 3.67. The molecule has 9 heteroatoms. The summed E-state index contributed by atoms with van der Waals surface area (Å²) in [6.45, 7) is 1.30. The van der Waals surface area contributed by atoms with Gasteiger partial charge < -0.3 is 14.8 Å². The van der Waals surface area contributed by atoms with Gasteiger partial charge in [-0.25, -0.2) is 8.42 Å². The lowest BCUT2D eigenvalue weighted by Gasteiger charge is -2.33. The van der Waals surface area contributed by atoms with Gasteiger partial charge in [-0.1, -0.05) is 12.5 Å². The molecule has 0 unspecified atom stereocenters. The third-order valence-corrected chi connectivity index (χ3v) is 7.91. The number of hydrogen-bond donors (Lipinski definition) is 1. The Morgan fingerprint density at radius 3 is 2.74 bits per heavy atom. The second kappa shape index (κ2) is 7.49. The van der Waals surface area contributed by atoms with Crippen LogP contribution >= 0.6 is 11.3 Å². The topological polar surface area (TPSA) is 84.9 Å². The van der Waals surface area contributed by atoms with Crippen molar-refractivity contribution in [2.24, 2.45) is 0 Å². The number of carbonyl (C=O) groups is 1. The van der Waals surface area contributed by atoms with Crippen LogP contribution in [0.15, 0.2) is 39.9 Å². The largest absolute Gasteiger partial charge is 0.486 e. The number of amides is 1. The van der Waals surface area contributed by atoms with Crippen molar-refractivity contribution in [1.29, 1.82) is 0 Å². The summed E-state index contributed by atoms with van der Waals surface area (Å²) >= 11 is 1.16. The molecule has 27 heavy (non-hydrogen) atoms. The number of benzene rings is 1. The zero-order chi connectivity index (χ0) is 18.9. The van der Waals surface area contributed by atoms with Crippen LogP contribution in [0.4, 0.5) is 5.69 Å². The van der Waals surface area contributed by atoms with Gasteiger partial charge in [0.25, 0.3) is 10.0 Å². The molecule has 1 aromatic carbocycles. The van der Waals surface area contributed by atoms with Crippen molar-refractivity contribution < 1.29 is 22.7 Å². The molecule has 2 aromatic rings. The van der Waals surface area contributed by atoms with Gasteiger partial charge in [-0.3, -0.25) is 4.79 Å². The number of piperidine rings is 1. The fourth-order valence-electron chi connectivity index (χ4n) is 3.33. The molecule has 2 aliphatic heterocycles. The zero-order valence-electron chi connectivity index (χ0n) is 14.6. The van der Waals surface area contributed by atoms with Gasteiger partial charge in [-0.15, -0.1) is 11.3 Å². The van der Waals surface area contributed by atoms with Gasteiger partial charge in [0.05, 0.1) is 0 Å². The summed E-state index contributed by atoms with van der Waals surface area (Å²) in [5.74, 6) is 0.885. The SMILES string of the molecule is O=C(Nc1ccc2c(c1)OCCO2)[C@H]1CCCCN1S(=O)(=O)c1cccs1. The number of nitrogens with one attached hydrogen (secondary N) is 1. The van der Waals surface area contributed by atoms with E-state index in [1.54, 1.807) is 35.7 Å². The van der Waals surface area contributed by atoms with E-state index < -0.39 is 16.1 Å². The standard InChI is InChI=1S/C18H20N2O5S2/c21-18(19-13-6-7-15-16(12-13)25-10-9-24-15)14-4-1-2-8-20(14)27(22,23)17-5-3-11-26-17/h3,5-7,11-12,14H,1-2,4,8-10H2,(H,19,21)/t14-/m1/s1. The van der Waals surface area contributed by atoms with Gasteiger partial charge in [-0.05, 0) is 36.4 Å². The highest BCUT2D eigenvalue weighted by Gasteiger charge is 2.38. The van der Waals surface area contributed by atoms with Gasteiger partial charge in [0.15, 0.2) is 11.5 Å². The average Bonchev–Trinajstić information content (AvgIpc) is 3.23. The van der Waals surface area contributed by atoms with Crippen LogP contribution in [0.5, 0.6) is 11.5 Å². The molecule has 7 nitrogen and oxygen atoms in total. The van der Waals surface area contributed by atoms with Gasteiger partial charge in [-0.2, -0.15) is 4.31 Å². The lowest BCUT2D eigenvalue weighted by Crippen LogP contribution is -2.49. The number of anilines is 1. The van der Waals surface area contributed by atoms with Crippen molar-refractivity contribution in [2.75, 3.05) is 25.1 Å². The second-order valence-electron chi connectivity index (χ2n) is 6.41. The molecule has 1 saturated heterocycles. The summed E-state index contributed by atoms with van der Waals surface area (Å²) in [7, 11) is -3.67. The Labute approximate surface area is 161 Å². The summed E-state index contributed by atoms with van der Waals surface area (Å²) in [4.78, 5) is 12.9. The molecule has 2 aliphatic rings. The number of nitrogens with zero attached hydrogens (tertiary/aromatic N) is 1. The van der Waals surface area contributed by atoms with Crippen molar-refractivity contribution in [3.63, 3.8) is 0 Å². The van der Waals surface area contributed by atoms with E-state index in [9.17, 15) is 13.2 Å². The molecular formula is C18H20N2O5S2. The minimum Gasteiger partial charge on any atom is -0.486 e. The highest BCUT2D eigenvalue weighted by molar-refractivity contribution is 7.91. The van der Waals surface area contributed by atoms with Crippen molar-refractivity contribution in [3.05, 3.63) is 35.7 Å². The number of rotatable bonds is 4. The first-order chi connectivity index (χ1) is 13.1. The van der Waals surface area contributed by atoms with E-state index in [0.29, 0.717) is 43.4 Å². The minimum absolute atomic E-state index is 0.265. The van der Waals surface area contributed by atoms with E-state index in [0.717, 1.165) is 24.2 Å². The Bertz CT molecular complexity index is 927. The normalized spacial score (nSPS) is 20.2. The van der Waals surface area contributed by atoms with Crippen molar-refractivity contribution in [3.8, 4) is 11.5 Å². The Balaban J connectivity index is 1.54. The number of fused-ring (bicyclic) bond motifs is 1. The van der Waals surface area contributed by atoms with Gasteiger partial charge >= 0.3 is 0 Å². The second-order valence-corrected chi connectivity index (χ2v) is 9.47. The van der Waals surface area contributed by atoms with E-state index >= 15 is 0 Å². The molecule has 0 radical (unpaired) electrons. The van der Waals surface area contributed by atoms with E-state index in [-0.39, 0.29) is 10.1 Å². The minimum atomic E-state index is -3.67. The number of thiophene rings is 1. The summed E-state index contributed by atoms with van der Waals surface area (Å²) in [6.07, 6.45) is 2.06. The number of sulfonamides is 1. The van der Waals surface area contributed by atoms with Gasteiger partial charge in [0.2, 0.25) is 5.91 Å². The summed E-state index contributed by atoms with van der Waals surface area (Å²) in [6, 6.07) is 7.72. The van der Waals surface area contributed by atoms with Crippen LogP contribution in [-0.2, 0) is 14.8 Å². The average molecular weight is 409 g/mol. The highest BCUT2D eigenvalue weighted by Crippen LogP contribution is 2.33. The van der Waals surface area contributed by atoms with Gasteiger partial charge in [0.1, 0.15) is 23.5 Å². The quantitative estimate of drug-likeness (QED) is 0.841. The molecule has 1 atom stereocenters. The van der Waals surface area contributed by atoms with E-state index in [1.165, 1.54) is 4.31 Å². The zero-order valence-corrected chi connectivity index (χ0v) is 16.2.